The number of thiazole rings is 1. The average molecular weight is 499 g/mol. The van der Waals surface area contributed by atoms with Crippen molar-refractivity contribution in [3.63, 3.8) is 0 Å². The highest BCUT2D eigenvalue weighted by atomic mass is 32.1. The van der Waals surface area contributed by atoms with Crippen LogP contribution >= 0.6 is 11.3 Å². The van der Waals surface area contributed by atoms with Gasteiger partial charge in [0.25, 0.3) is 5.56 Å². The molecule has 1 aromatic carbocycles. The molecule has 1 fully saturated rings. The van der Waals surface area contributed by atoms with E-state index in [1.165, 1.54) is 22.2 Å². The van der Waals surface area contributed by atoms with Gasteiger partial charge < -0.3 is 20.3 Å². The molecule has 1 aliphatic heterocycles. The van der Waals surface area contributed by atoms with Crippen molar-refractivity contribution in [2.24, 2.45) is 5.92 Å². The summed E-state index contributed by atoms with van der Waals surface area (Å²) in [6.07, 6.45) is 3.05. The number of hydrogen-bond acceptors (Lipinski definition) is 8. The van der Waals surface area contributed by atoms with Crippen molar-refractivity contribution >= 4 is 44.3 Å². The summed E-state index contributed by atoms with van der Waals surface area (Å²) in [5.74, 6) is 0.314. The third kappa shape index (κ3) is 5.97. The van der Waals surface area contributed by atoms with Gasteiger partial charge in [0.1, 0.15) is 23.3 Å². The van der Waals surface area contributed by atoms with Crippen LogP contribution in [0.1, 0.15) is 33.6 Å². The molecule has 35 heavy (non-hydrogen) atoms. The summed E-state index contributed by atoms with van der Waals surface area (Å²) in [6.45, 7) is 7.52. The number of ether oxygens (including phenoxy) is 1. The Kier molecular flexibility index (Phi) is 7.64. The molecule has 0 radical (unpaired) electrons. The number of amides is 2. The largest absolute Gasteiger partial charge is 0.494 e. The summed E-state index contributed by atoms with van der Waals surface area (Å²) in [6, 6.07) is 7.13. The second kappa shape index (κ2) is 10.9. The van der Waals surface area contributed by atoms with Gasteiger partial charge in [-0.15, -0.1) is 0 Å². The summed E-state index contributed by atoms with van der Waals surface area (Å²) in [4.78, 5) is 48.9. The number of fused-ring (bicyclic) bond motifs is 1. The summed E-state index contributed by atoms with van der Waals surface area (Å²) in [7, 11) is 0. The lowest BCUT2D eigenvalue weighted by atomic mass is 9.97. The van der Waals surface area contributed by atoms with Gasteiger partial charge in [0.05, 0.1) is 12.5 Å². The molecule has 2 aromatic heterocycles. The molecular weight excluding hydrogens is 468 g/mol. The van der Waals surface area contributed by atoms with Gasteiger partial charge in [-0.05, 0) is 57.9 Å². The maximum absolute atomic E-state index is 13.0. The van der Waals surface area contributed by atoms with Crippen molar-refractivity contribution in [3.8, 4) is 5.75 Å². The first-order valence-corrected chi connectivity index (χ1v) is 12.6. The minimum absolute atomic E-state index is 0.0461. The Morgan fingerprint density at radius 3 is 2.74 bits per heavy atom. The van der Waals surface area contributed by atoms with Gasteiger partial charge in [0.2, 0.25) is 11.8 Å². The molecule has 0 unspecified atom stereocenters. The van der Waals surface area contributed by atoms with Crippen LogP contribution in [0.5, 0.6) is 5.75 Å². The number of carbonyl (C=O) groups excluding carboxylic acids is 2. The fourth-order valence-electron chi connectivity index (χ4n) is 4.01. The molecule has 3 aromatic rings. The zero-order chi connectivity index (χ0) is 24.9. The Bertz CT molecular complexity index is 1250. The molecule has 1 aliphatic rings. The minimum atomic E-state index is -0.336. The molecule has 4 rings (SSSR count). The van der Waals surface area contributed by atoms with Gasteiger partial charge >= 0.3 is 0 Å². The Balaban J connectivity index is 1.45. The number of aromatic nitrogens is 3. The third-order valence-electron chi connectivity index (χ3n) is 5.63. The van der Waals surface area contributed by atoms with Crippen LogP contribution in [0.15, 0.2) is 35.4 Å². The molecule has 1 atom stereocenters. The summed E-state index contributed by atoms with van der Waals surface area (Å²) >= 11 is 1.25. The van der Waals surface area contributed by atoms with E-state index in [-0.39, 0.29) is 35.9 Å². The van der Waals surface area contributed by atoms with Gasteiger partial charge in [-0.25, -0.2) is 4.98 Å². The van der Waals surface area contributed by atoms with Crippen LogP contribution in [0.4, 0.5) is 10.8 Å². The molecule has 0 spiro atoms. The van der Waals surface area contributed by atoms with E-state index in [1.807, 2.05) is 25.7 Å². The van der Waals surface area contributed by atoms with E-state index in [1.54, 1.807) is 24.3 Å². The molecule has 2 amide bonds. The Morgan fingerprint density at radius 1 is 1.26 bits per heavy atom. The lowest BCUT2D eigenvalue weighted by molar-refractivity contribution is -0.125. The second-order valence-electron chi connectivity index (χ2n) is 8.78. The minimum Gasteiger partial charge on any atom is -0.494 e. The molecule has 0 aliphatic carbocycles. The second-order valence-corrected chi connectivity index (χ2v) is 9.76. The van der Waals surface area contributed by atoms with Gasteiger partial charge in [-0.1, -0.05) is 11.3 Å². The van der Waals surface area contributed by atoms with Crippen molar-refractivity contribution in [2.75, 3.05) is 29.9 Å². The quantitative estimate of drug-likeness (QED) is 0.490. The lowest BCUT2D eigenvalue weighted by Crippen LogP contribution is -2.44. The Hall–Kier alpha value is -3.47. The van der Waals surface area contributed by atoms with Crippen LogP contribution in [0, 0.1) is 5.92 Å². The van der Waals surface area contributed by atoms with E-state index in [0.717, 1.165) is 25.1 Å². The smallest absolute Gasteiger partial charge is 0.273 e. The first kappa shape index (κ1) is 24.6. The fourth-order valence-corrected chi connectivity index (χ4v) is 5.01. The van der Waals surface area contributed by atoms with Crippen LogP contribution in [0.2, 0.25) is 0 Å². The van der Waals surface area contributed by atoms with Gasteiger partial charge in [0, 0.05) is 24.8 Å². The van der Waals surface area contributed by atoms with Crippen molar-refractivity contribution in [3.05, 3.63) is 40.9 Å². The zero-order valence-electron chi connectivity index (χ0n) is 20.1. The molecule has 11 heteroatoms. The number of carbonyl (C=O) groups is 2. The van der Waals surface area contributed by atoms with Crippen LogP contribution in [-0.2, 0) is 16.1 Å². The number of benzene rings is 1. The number of rotatable bonds is 8. The molecule has 186 valence electrons. The van der Waals surface area contributed by atoms with Crippen LogP contribution < -0.4 is 25.8 Å². The topological polar surface area (TPSA) is 118 Å². The van der Waals surface area contributed by atoms with Gasteiger partial charge in [0.15, 0.2) is 10.8 Å². The SMILES string of the molecule is CCOc1ccc(NC(=O)Cn2cnc3nc(N4CCC[C@H](C(=O)NC(C)C)C4)sc3c2=O)cc1. The van der Waals surface area contributed by atoms with Crippen molar-refractivity contribution in [1.82, 2.24) is 19.9 Å². The summed E-state index contributed by atoms with van der Waals surface area (Å²) in [5.41, 5.74) is 0.653. The predicted octanol–water partition coefficient (Wildman–Crippen LogP) is 2.63. The highest BCUT2D eigenvalue weighted by Crippen LogP contribution is 2.29. The first-order chi connectivity index (χ1) is 16.8. The maximum atomic E-state index is 13.0. The predicted molar refractivity (Wildman–Crippen MR) is 136 cm³/mol. The zero-order valence-corrected chi connectivity index (χ0v) is 20.9. The summed E-state index contributed by atoms with van der Waals surface area (Å²) in [5, 5.41) is 6.43. The molecule has 2 N–H and O–H groups in total. The Morgan fingerprint density at radius 2 is 2.03 bits per heavy atom. The van der Waals surface area contributed by atoms with Crippen molar-refractivity contribution in [1.29, 1.82) is 0 Å². The number of nitrogens with one attached hydrogen (secondary N) is 2. The summed E-state index contributed by atoms with van der Waals surface area (Å²) < 4.78 is 7.08. The lowest BCUT2D eigenvalue weighted by Gasteiger charge is -2.32. The molecule has 10 nitrogen and oxygen atoms in total. The van der Waals surface area contributed by atoms with E-state index >= 15 is 0 Å². The number of hydrogen-bond donors (Lipinski definition) is 2. The molecule has 3 heterocycles. The van der Waals surface area contributed by atoms with Gasteiger partial charge in [-0.3, -0.25) is 19.0 Å². The monoisotopic (exact) mass is 498 g/mol. The highest BCUT2D eigenvalue weighted by Gasteiger charge is 2.28. The van der Waals surface area contributed by atoms with Crippen molar-refractivity contribution in [2.45, 2.75) is 46.2 Å². The molecule has 0 bridgehead atoms. The van der Waals surface area contributed by atoms with E-state index in [0.29, 0.717) is 34.3 Å². The Labute approximate surface area is 207 Å². The first-order valence-electron chi connectivity index (χ1n) is 11.8. The third-order valence-corrected chi connectivity index (χ3v) is 6.72. The molecule has 1 saturated heterocycles. The van der Waals surface area contributed by atoms with E-state index in [4.69, 9.17) is 4.74 Å². The normalized spacial score (nSPS) is 15.9. The highest BCUT2D eigenvalue weighted by molar-refractivity contribution is 7.22. The fraction of sp³-hybridized carbons (Fsp3) is 0.458. The van der Waals surface area contributed by atoms with Gasteiger partial charge in [-0.2, -0.15) is 4.98 Å². The van der Waals surface area contributed by atoms with Crippen molar-refractivity contribution < 1.29 is 14.3 Å². The molecule has 0 saturated carbocycles. The number of anilines is 2. The van der Waals surface area contributed by atoms with Crippen LogP contribution in [0.25, 0.3) is 10.3 Å². The van der Waals surface area contributed by atoms with E-state index in [9.17, 15) is 14.4 Å². The van der Waals surface area contributed by atoms with E-state index < -0.39 is 0 Å². The standard InChI is InChI=1S/C24H30N6O4S/c1-4-34-18-9-7-17(8-10-18)27-19(31)13-30-14-25-21-20(23(30)33)35-24(28-21)29-11-5-6-16(12-29)22(32)26-15(2)3/h7-10,14-16H,4-6,11-13H2,1-3H3,(H,26,32)(H,27,31)/t16-/m0/s1. The molecular formula is C24H30N6O4S. The maximum Gasteiger partial charge on any atom is 0.273 e. The number of piperidine rings is 1. The van der Waals surface area contributed by atoms with E-state index in [2.05, 4.69) is 20.6 Å². The van der Waals surface area contributed by atoms with Crippen LogP contribution in [-0.4, -0.2) is 52.1 Å². The average Bonchev–Trinajstić information content (AvgIpc) is 3.27. The number of nitrogens with zero attached hydrogens (tertiary/aromatic N) is 4. The van der Waals surface area contributed by atoms with Crippen LogP contribution in [0.3, 0.4) is 0 Å².